The quantitative estimate of drug-likeness (QED) is 0.743. The second kappa shape index (κ2) is 5.13. The largest absolute Gasteiger partial charge is 0.366 e. The fourth-order valence-electron chi connectivity index (χ4n) is 1.08. The average molecular weight is 223 g/mol. The first kappa shape index (κ1) is 12.0. The molecule has 1 aromatic carbocycles. The Labute approximate surface area is 92.9 Å². The fourth-order valence-corrected chi connectivity index (χ4v) is 1.08. The Balaban J connectivity index is 2.89. The second-order valence-corrected chi connectivity index (χ2v) is 3.02. The Morgan fingerprint density at radius 3 is 2.56 bits per heavy atom. The first-order valence-corrected chi connectivity index (χ1v) is 4.54. The topological polar surface area (TPSA) is 84.7 Å². The summed E-state index contributed by atoms with van der Waals surface area (Å²) in [6, 6.07) is 5.98. The number of hydrogen-bond donors (Lipinski definition) is 2. The van der Waals surface area contributed by atoms with Gasteiger partial charge in [0.1, 0.15) is 0 Å². The normalized spacial score (nSPS) is 9.62. The van der Waals surface area contributed by atoms with Gasteiger partial charge in [0.2, 0.25) is 0 Å². The average Bonchev–Trinajstić information content (AvgIpc) is 2.28. The highest BCUT2D eigenvalue weighted by Crippen LogP contribution is 2.14. The number of primary amides is 1. The third-order valence-electron chi connectivity index (χ3n) is 1.99. The monoisotopic (exact) mass is 223 g/mol. The van der Waals surface area contributed by atoms with Gasteiger partial charge in [0.15, 0.2) is 0 Å². The minimum absolute atomic E-state index is 0.250. The van der Waals surface area contributed by atoms with Crippen molar-refractivity contribution in [3.05, 3.63) is 29.8 Å². The van der Waals surface area contributed by atoms with Gasteiger partial charge in [-0.25, -0.2) is 9.86 Å². The lowest BCUT2D eigenvalue weighted by Crippen LogP contribution is -2.31. The molecule has 0 spiro atoms. The maximum absolute atomic E-state index is 11.5. The molecule has 3 N–H and O–H groups in total. The van der Waals surface area contributed by atoms with Crippen LogP contribution >= 0.6 is 0 Å². The van der Waals surface area contributed by atoms with Gasteiger partial charge in [0.05, 0.1) is 18.4 Å². The molecule has 0 unspecified atom stereocenters. The zero-order chi connectivity index (χ0) is 12.1. The summed E-state index contributed by atoms with van der Waals surface area (Å²) >= 11 is 0. The number of carbonyl (C=O) groups is 2. The molecule has 0 radical (unpaired) electrons. The van der Waals surface area contributed by atoms with Crippen LogP contribution in [0.3, 0.4) is 0 Å². The summed E-state index contributed by atoms with van der Waals surface area (Å²) in [5.41, 5.74) is 5.76. The zero-order valence-electron chi connectivity index (χ0n) is 9.06. The molecule has 1 rings (SSSR count). The Bertz CT molecular complexity index is 406. The van der Waals surface area contributed by atoms with E-state index >= 15 is 0 Å². The molecule has 6 nitrogen and oxygen atoms in total. The molecule has 0 aliphatic carbocycles. The van der Waals surface area contributed by atoms with Crippen LogP contribution in [0.1, 0.15) is 10.4 Å². The van der Waals surface area contributed by atoms with E-state index in [0.717, 1.165) is 5.06 Å². The SMILES string of the molecule is CON(C)C(=O)Nc1ccccc1C(N)=O. The van der Waals surface area contributed by atoms with E-state index in [2.05, 4.69) is 10.2 Å². The number of amides is 3. The number of hydrogen-bond acceptors (Lipinski definition) is 3. The van der Waals surface area contributed by atoms with Gasteiger partial charge >= 0.3 is 6.03 Å². The number of carbonyl (C=O) groups excluding carboxylic acids is 2. The van der Waals surface area contributed by atoms with Crippen molar-refractivity contribution in [3.63, 3.8) is 0 Å². The molecular formula is C10H13N3O3. The van der Waals surface area contributed by atoms with Crippen LogP contribution in [-0.4, -0.2) is 31.2 Å². The molecule has 0 heterocycles. The maximum Gasteiger partial charge on any atom is 0.345 e. The van der Waals surface area contributed by atoms with Gasteiger partial charge in [-0.2, -0.15) is 0 Å². The molecule has 0 aliphatic rings. The van der Waals surface area contributed by atoms with Crippen molar-refractivity contribution >= 4 is 17.6 Å². The van der Waals surface area contributed by atoms with Crippen molar-refractivity contribution in [2.45, 2.75) is 0 Å². The molecule has 16 heavy (non-hydrogen) atoms. The lowest BCUT2D eigenvalue weighted by Gasteiger charge is -2.15. The minimum atomic E-state index is -0.601. The number of benzene rings is 1. The highest BCUT2D eigenvalue weighted by molar-refractivity contribution is 6.02. The van der Waals surface area contributed by atoms with E-state index in [0.29, 0.717) is 5.69 Å². The predicted molar refractivity (Wildman–Crippen MR) is 58.8 cm³/mol. The maximum atomic E-state index is 11.5. The number of anilines is 1. The van der Waals surface area contributed by atoms with Crippen molar-refractivity contribution in [2.75, 3.05) is 19.5 Å². The minimum Gasteiger partial charge on any atom is -0.366 e. The smallest absolute Gasteiger partial charge is 0.345 e. The molecule has 1 aromatic rings. The molecule has 0 atom stereocenters. The Hall–Kier alpha value is -2.08. The number of nitrogens with zero attached hydrogens (tertiary/aromatic N) is 1. The van der Waals surface area contributed by atoms with E-state index in [1.165, 1.54) is 20.2 Å². The highest BCUT2D eigenvalue weighted by Gasteiger charge is 2.12. The first-order chi connectivity index (χ1) is 7.56. The van der Waals surface area contributed by atoms with Crippen LogP contribution in [0.4, 0.5) is 10.5 Å². The molecule has 6 heteroatoms. The molecule has 86 valence electrons. The van der Waals surface area contributed by atoms with Crippen LogP contribution in [0.2, 0.25) is 0 Å². The van der Waals surface area contributed by atoms with Gasteiger partial charge in [-0.3, -0.25) is 9.63 Å². The number of hydroxylamine groups is 2. The number of nitrogens with one attached hydrogen (secondary N) is 1. The molecule has 0 aromatic heterocycles. The van der Waals surface area contributed by atoms with Crippen LogP contribution in [0.5, 0.6) is 0 Å². The standard InChI is InChI=1S/C10H13N3O3/c1-13(16-2)10(15)12-8-6-4-3-5-7(8)9(11)14/h3-6H,1-2H3,(H2,11,14)(H,12,15). The van der Waals surface area contributed by atoms with Crippen molar-refractivity contribution < 1.29 is 14.4 Å². The van der Waals surface area contributed by atoms with E-state index in [4.69, 9.17) is 5.73 Å². The molecule has 0 fully saturated rings. The van der Waals surface area contributed by atoms with E-state index in [1.807, 2.05) is 0 Å². The van der Waals surface area contributed by atoms with Crippen molar-refractivity contribution in [1.29, 1.82) is 0 Å². The van der Waals surface area contributed by atoms with Crippen molar-refractivity contribution in [2.24, 2.45) is 5.73 Å². The van der Waals surface area contributed by atoms with Gasteiger partial charge < -0.3 is 11.1 Å². The van der Waals surface area contributed by atoms with Crippen LogP contribution in [0.15, 0.2) is 24.3 Å². The molecule has 3 amide bonds. The number of urea groups is 1. The fraction of sp³-hybridized carbons (Fsp3) is 0.200. The summed E-state index contributed by atoms with van der Waals surface area (Å²) in [7, 11) is 2.81. The Morgan fingerprint density at radius 1 is 1.38 bits per heavy atom. The number of rotatable bonds is 3. The van der Waals surface area contributed by atoms with E-state index < -0.39 is 11.9 Å². The van der Waals surface area contributed by atoms with Crippen LogP contribution in [-0.2, 0) is 4.84 Å². The summed E-state index contributed by atoms with van der Waals surface area (Å²) in [5, 5.41) is 3.50. The van der Waals surface area contributed by atoms with Crippen LogP contribution < -0.4 is 11.1 Å². The summed E-state index contributed by atoms with van der Waals surface area (Å²) in [6.45, 7) is 0. The van der Waals surface area contributed by atoms with Crippen LogP contribution in [0.25, 0.3) is 0 Å². The molecule has 0 aliphatic heterocycles. The summed E-state index contributed by atoms with van der Waals surface area (Å²) in [4.78, 5) is 27.2. The van der Waals surface area contributed by atoms with E-state index in [-0.39, 0.29) is 5.56 Å². The van der Waals surface area contributed by atoms with Crippen LogP contribution in [0, 0.1) is 0 Å². The second-order valence-electron chi connectivity index (χ2n) is 3.02. The number of nitrogens with two attached hydrogens (primary N) is 1. The molecule has 0 bridgehead atoms. The molecule has 0 saturated carbocycles. The third kappa shape index (κ3) is 2.71. The lowest BCUT2D eigenvalue weighted by molar-refractivity contribution is -0.0598. The zero-order valence-corrected chi connectivity index (χ0v) is 9.06. The Morgan fingerprint density at radius 2 is 2.00 bits per heavy atom. The first-order valence-electron chi connectivity index (χ1n) is 4.54. The summed E-state index contributed by atoms with van der Waals surface area (Å²) in [6.07, 6.45) is 0. The lowest BCUT2D eigenvalue weighted by atomic mass is 10.1. The van der Waals surface area contributed by atoms with Gasteiger partial charge in [0, 0.05) is 7.05 Å². The third-order valence-corrected chi connectivity index (χ3v) is 1.99. The summed E-state index contributed by atoms with van der Waals surface area (Å²) in [5.74, 6) is -0.601. The summed E-state index contributed by atoms with van der Waals surface area (Å²) < 4.78 is 0. The van der Waals surface area contributed by atoms with Crippen molar-refractivity contribution in [1.82, 2.24) is 5.06 Å². The molecular weight excluding hydrogens is 210 g/mol. The van der Waals surface area contributed by atoms with Gasteiger partial charge in [-0.05, 0) is 12.1 Å². The number of para-hydroxylation sites is 1. The highest BCUT2D eigenvalue weighted by atomic mass is 16.7. The predicted octanol–water partition coefficient (Wildman–Crippen LogP) is 0.811. The van der Waals surface area contributed by atoms with Gasteiger partial charge in [-0.1, -0.05) is 12.1 Å². The van der Waals surface area contributed by atoms with E-state index in [1.54, 1.807) is 18.2 Å². The van der Waals surface area contributed by atoms with Crippen molar-refractivity contribution in [3.8, 4) is 0 Å². The van der Waals surface area contributed by atoms with Gasteiger partial charge in [-0.15, -0.1) is 0 Å². The molecule has 0 saturated heterocycles. The van der Waals surface area contributed by atoms with E-state index in [9.17, 15) is 9.59 Å². The van der Waals surface area contributed by atoms with Gasteiger partial charge in [0.25, 0.3) is 5.91 Å². The Kier molecular flexibility index (Phi) is 3.84.